The average Bonchev–Trinajstić information content (AvgIpc) is 2.43. The smallest absolute Gasteiger partial charge is 0.0551 e. The number of benzene rings is 1. The van der Waals surface area contributed by atoms with E-state index in [4.69, 9.17) is 11.6 Å². The van der Waals surface area contributed by atoms with Gasteiger partial charge in [-0.05, 0) is 66.9 Å². The van der Waals surface area contributed by atoms with Crippen LogP contribution in [0, 0.1) is 0 Å². The SMILES string of the molecule is CC(C)N(Cc1ccc(Br)c(Cl)c1)CC1CCCCN1. The largest absolute Gasteiger partial charge is 0.313 e. The number of hydrogen-bond donors (Lipinski definition) is 1. The number of nitrogens with zero attached hydrogens (tertiary/aromatic N) is 1. The minimum atomic E-state index is 0.543. The van der Waals surface area contributed by atoms with Gasteiger partial charge in [0, 0.05) is 29.6 Å². The van der Waals surface area contributed by atoms with Crippen molar-refractivity contribution in [3.63, 3.8) is 0 Å². The summed E-state index contributed by atoms with van der Waals surface area (Å²) in [5, 5.41) is 4.43. The maximum Gasteiger partial charge on any atom is 0.0551 e. The first kappa shape index (κ1) is 16.3. The Hall–Kier alpha value is -0.0900. The van der Waals surface area contributed by atoms with Crippen LogP contribution in [0.15, 0.2) is 22.7 Å². The first-order valence-electron chi connectivity index (χ1n) is 7.47. The van der Waals surface area contributed by atoms with E-state index in [-0.39, 0.29) is 0 Å². The van der Waals surface area contributed by atoms with Crippen LogP contribution in [0.5, 0.6) is 0 Å². The molecule has 1 atom stereocenters. The fraction of sp³-hybridized carbons (Fsp3) is 0.625. The summed E-state index contributed by atoms with van der Waals surface area (Å²) in [5.74, 6) is 0. The van der Waals surface area contributed by atoms with E-state index in [0.29, 0.717) is 12.1 Å². The van der Waals surface area contributed by atoms with Crippen molar-refractivity contribution in [1.82, 2.24) is 10.2 Å². The Morgan fingerprint density at radius 2 is 2.20 bits per heavy atom. The fourth-order valence-electron chi connectivity index (χ4n) is 2.69. The summed E-state index contributed by atoms with van der Waals surface area (Å²) in [5.41, 5.74) is 1.28. The lowest BCUT2D eigenvalue weighted by Crippen LogP contribution is -2.45. The maximum atomic E-state index is 6.19. The van der Waals surface area contributed by atoms with Crippen LogP contribution < -0.4 is 5.32 Å². The lowest BCUT2D eigenvalue weighted by Gasteiger charge is -2.33. The van der Waals surface area contributed by atoms with Gasteiger partial charge in [0.15, 0.2) is 0 Å². The molecule has 0 spiro atoms. The van der Waals surface area contributed by atoms with Crippen molar-refractivity contribution in [3.8, 4) is 0 Å². The third-order valence-corrected chi connectivity index (χ3v) is 5.20. The lowest BCUT2D eigenvalue weighted by molar-refractivity contribution is 0.177. The molecule has 1 heterocycles. The summed E-state index contributed by atoms with van der Waals surface area (Å²) in [4.78, 5) is 2.53. The van der Waals surface area contributed by atoms with Crippen LogP contribution in [0.3, 0.4) is 0 Å². The number of piperidine rings is 1. The van der Waals surface area contributed by atoms with E-state index in [1.165, 1.54) is 31.4 Å². The van der Waals surface area contributed by atoms with Gasteiger partial charge in [0.1, 0.15) is 0 Å². The number of hydrogen-bond acceptors (Lipinski definition) is 2. The molecule has 1 N–H and O–H groups in total. The van der Waals surface area contributed by atoms with Gasteiger partial charge >= 0.3 is 0 Å². The fourth-order valence-corrected chi connectivity index (χ4v) is 3.14. The maximum absolute atomic E-state index is 6.19. The summed E-state index contributed by atoms with van der Waals surface area (Å²) >= 11 is 9.64. The van der Waals surface area contributed by atoms with Gasteiger partial charge in [-0.25, -0.2) is 0 Å². The van der Waals surface area contributed by atoms with Crippen LogP contribution in [-0.4, -0.2) is 30.1 Å². The molecule has 0 aromatic heterocycles. The second-order valence-corrected chi connectivity index (χ2v) is 7.18. The monoisotopic (exact) mass is 358 g/mol. The molecular formula is C16H24BrClN2. The van der Waals surface area contributed by atoms with Crippen LogP contribution >= 0.6 is 27.5 Å². The topological polar surface area (TPSA) is 15.3 Å². The van der Waals surface area contributed by atoms with Gasteiger partial charge in [-0.1, -0.05) is 24.1 Å². The van der Waals surface area contributed by atoms with Crippen molar-refractivity contribution in [2.75, 3.05) is 13.1 Å². The highest BCUT2D eigenvalue weighted by Crippen LogP contribution is 2.24. The van der Waals surface area contributed by atoms with Crippen LogP contribution in [-0.2, 0) is 6.54 Å². The molecule has 2 nitrogen and oxygen atoms in total. The Bertz CT molecular complexity index is 430. The Balaban J connectivity index is 1.99. The van der Waals surface area contributed by atoms with Crippen molar-refractivity contribution in [2.24, 2.45) is 0 Å². The predicted molar refractivity (Wildman–Crippen MR) is 90.3 cm³/mol. The Morgan fingerprint density at radius 1 is 1.40 bits per heavy atom. The molecule has 20 heavy (non-hydrogen) atoms. The highest BCUT2D eigenvalue weighted by molar-refractivity contribution is 9.10. The number of rotatable bonds is 5. The Kier molecular flexibility index (Phi) is 6.34. The van der Waals surface area contributed by atoms with Gasteiger partial charge in [0.2, 0.25) is 0 Å². The predicted octanol–water partition coefficient (Wildman–Crippen LogP) is 4.46. The average molecular weight is 360 g/mol. The molecule has 1 aromatic carbocycles. The van der Waals surface area contributed by atoms with Crippen LogP contribution in [0.1, 0.15) is 38.7 Å². The Labute approximate surface area is 136 Å². The summed E-state index contributed by atoms with van der Waals surface area (Å²) in [6, 6.07) is 7.43. The van der Waals surface area contributed by atoms with E-state index in [9.17, 15) is 0 Å². The molecule has 0 bridgehead atoms. The minimum absolute atomic E-state index is 0.543. The van der Waals surface area contributed by atoms with E-state index in [0.717, 1.165) is 22.6 Å². The molecule has 112 valence electrons. The van der Waals surface area contributed by atoms with Gasteiger partial charge < -0.3 is 5.32 Å². The standard InChI is InChI=1S/C16H24BrClN2/c1-12(2)20(11-14-5-3-4-8-19-14)10-13-6-7-15(17)16(18)9-13/h6-7,9,12,14,19H,3-5,8,10-11H2,1-2H3. The van der Waals surface area contributed by atoms with E-state index < -0.39 is 0 Å². The third kappa shape index (κ3) is 4.73. The Morgan fingerprint density at radius 3 is 2.80 bits per heavy atom. The molecule has 0 aliphatic carbocycles. The zero-order valence-corrected chi connectivity index (χ0v) is 14.7. The van der Waals surface area contributed by atoms with Crippen LogP contribution in [0.4, 0.5) is 0 Å². The lowest BCUT2D eigenvalue weighted by atomic mass is 10.0. The summed E-state index contributed by atoms with van der Waals surface area (Å²) in [6.07, 6.45) is 3.97. The highest BCUT2D eigenvalue weighted by atomic mass is 79.9. The second kappa shape index (κ2) is 7.79. The zero-order chi connectivity index (χ0) is 14.5. The van der Waals surface area contributed by atoms with Gasteiger partial charge in [0.25, 0.3) is 0 Å². The summed E-state index contributed by atoms with van der Waals surface area (Å²) in [6.45, 7) is 7.78. The van der Waals surface area contributed by atoms with Crippen molar-refractivity contribution in [3.05, 3.63) is 33.3 Å². The van der Waals surface area contributed by atoms with Crippen LogP contribution in [0.25, 0.3) is 0 Å². The molecule has 1 aromatic rings. The quantitative estimate of drug-likeness (QED) is 0.835. The molecule has 1 aliphatic rings. The van der Waals surface area contributed by atoms with E-state index >= 15 is 0 Å². The molecule has 1 saturated heterocycles. The second-order valence-electron chi connectivity index (χ2n) is 5.92. The molecule has 1 aliphatic heterocycles. The molecule has 1 unspecified atom stereocenters. The number of nitrogens with one attached hydrogen (secondary N) is 1. The first-order valence-corrected chi connectivity index (χ1v) is 8.64. The minimum Gasteiger partial charge on any atom is -0.313 e. The molecule has 1 fully saturated rings. The zero-order valence-electron chi connectivity index (χ0n) is 12.3. The van der Waals surface area contributed by atoms with E-state index in [1.807, 2.05) is 6.07 Å². The van der Waals surface area contributed by atoms with Crippen molar-refractivity contribution >= 4 is 27.5 Å². The molecule has 4 heteroatoms. The van der Waals surface area contributed by atoms with E-state index in [1.54, 1.807) is 0 Å². The van der Waals surface area contributed by atoms with Gasteiger partial charge in [0.05, 0.1) is 5.02 Å². The van der Waals surface area contributed by atoms with Gasteiger partial charge in [-0.15, -0.1) is 0 Å². The molecule has 0 amide bonds. The van der Waals surface area contributed by atoms with Crippen LogP contribution in [0.2, 0.25) is 5.02 Å². The molecule has 2 rings (SSSR count). The number of halogens is 2. The summed E-state index contributed by atoms with van der Waals surface area (Å²) in [7, 11) is 0. The normalized spacial score (nSPS) is 19.8. The van der Waals surface area contributed by atoms with Gasteiger partial charge in [-0.2, -0.15) is 0 Å². The summed E-state index contributed by atoms with van der Waals surface area (Å²) < 4.78 is 0.966. The van der Waals surface area contributed by atoms with Gasteiger partial charge in [-0.3, -0.25) is 4.90 Å². The first-order chi connectivity index (χ1) is 9.56. The highest BCUT2D eigenvalue weighted by Gasteiger charge is 2.18. The molecular weight excluding hydrogens is 336 g/mol. The van der Waals surface area contributed by atoms with E-state index in [2.05, 4.69) is 52.1 Å². The van der Waals surface area contributed by atoms with Crippen molar-refractivity contribution in [1.29, 1.82) is 0 Å². The van der Waals surface area contributed by atoms with Crippen molar-refractivity contribution < 1.29 is 0 Å². The molecule has 0 saturated carbocycles. The van der Waals surface area contributed by atoms with Crippen molar-refractivity contribution in [2.45, 2.75) is 51.7 Å². The third-order valence-electron chi connectivity index (χ3n) is 3.97. The molecule has 0 radical (unpaired) electrons.